The zero-order chi connectivity index (χ0) is 18.9. The number of nitrogens with zero attached hydrogens (tertiary/aromatic N) is 3. The minimum absolute atomic E-state index is 0.131. The molecule has 26 heavy (non-hydrogen) atoms. The molecule has 0 saturated carbocycles. The summed E-state index contributed by atoms with van der Waals surface area (Å²) in [4.78, 5) is 16.2. The third-order valence-corrected chi connectivity index (χ3v) is 5.30. The van der Waals surface area contributed by atoms with Crippen LogP contribution >= 0.6 is 0 Å². The highest BCUT2D eigenvalue weighted by atomic mass is 32.2. The number of aromatic nitrogens is 1. The van der Waals surface area contributed by atoms with Gasteiger partial charge in [0.25, 0.3) is 0 Å². The van der Waals surface area contributed by atoms with E-state index >= 15 is 0 Å². The summed E-state index contributed by atoms with van der Waals surface area (Å²) in [6.07, 6.45) is 3.04. The van der Waals surface area contributed by atoms with E-state index in [1.165, 1.54) is 36.5 Å². The van der Waals surface area contributed by atoms with Crippen molar-refractivity contribution in [3.05, 3.63) is 52.5 Å². The molecule has 0 amide bonds. The predicted molar refractivity (Wildman–Crippen MR) is 94.6 cm³/mol. The number of hydrogen-bond acceptors (Lipinski definition) is 7. The van der Waals surface area contributed by atoms with Crippen LogP contribution in [-0.4, -0.2) is 43.7 Å². The van der Waals surface area contributed by atoms with E-state index in [0.717, 1.165) is 6.26 Å². The van der Waals surface area contributed by atoms with Gasteiger partial charge in [0.1, 0.15) is 10.6 Å². The summed E-state index contributed by atoms with van der Waals surface area (Å²) in [5.41, 5.74) is -0.344. The molecule has 2 aromatic rings. The van der Waals surface area contributed by atoms with Crippen molar-refractivity contribution < 1.29 is 17.7 Å². The number of rotatable bonds is 5. The summed E-state index contributed by atoms with van der Waals surface area (Å²) in [5, 5.41) is 14.4. The van der Waals surface area contributed by atoms with Crippen LogP contribution in [0.5, 0.6) is 0 Å². The Morgan fingerprint density at radius 3 is 2.77 bits per heavy atom. The first-order valence-electron chi connectivity index (χ1n) is 7.87. The maximum Gasteiger partial charge on any atom is 0.310 e. The SMILES string of the molecule is CS(=O)(=O)c1cccc(NC2CCN(c3ncccc3F)C2)c1[N+](=O)[O-]. The van der Waals surface area contributed by atoms with Crippen molar-refractivity contribution >= 4 is 27.0 Å². The average molecular weight is 380 g/mol. The molecule has 10 heteroatoms. The summed E-state index contributed by atoms with van der Waals surface area (Å²) < 4.78 is 37.5. The normalized spacial score (nSPS) is 17.3. The van der Waals surface area contributed by atoms with Gasteiger partial charge in [0.15, 0.2) is 21.5 Å². The fraction of sp³-hybridized carbons (Fsp3) is 0.312. The first-order chi connectivity index (χ1) is 12.3. The van der Waals surface area contributed by atoms with Crippen LogP contribution in [0.4, 0.5) is 21.6 Å². The zero-order valence-electron chi connectivity index (χ0n) is 13.9. The van der Waals surface area contributed by atoms with Gasteiger partial charge in [-0.2, -0.15) is 0 Å². The Hall–Kier alpha value is -2.75. The molecular formula is C16H17FN4O4S. The molecule has 2 heterocycles. The number of hydrogen-bond donors (Lipinski definition) is 1. The number of halogens is 1. The first kappa shape index (κ1) is 18.1. The number of nitro groups is 1. The Kier molecular flexibility index (Phi) is 4.77. The first-order valence-corrected chi connectivity index (χ1v) is 9.76. The van der Waals surface area contributed by atoms with Gasteiger partial charge in [-0.1, -0.05) is 6.07 Å². The van der Waals surface area contributed by atoms with Gasteiger partial charge < -0.3 is 10.2 Å². The van der Waals surface area contributed by atoms with E-state index in [-0.39, 0.29) is 22.4 Å². The number of nitro benzene ring substituents is 1. The van der Waals surface area contributed by atoms with Gasteiger partial charge in [0.2, 0.25) is 0 Å². The monoisotopic (exact) mass is 380 g/mol. The number of nitrogens with one attached hydrogen (secondary N) is 1. The number of pyridine rings is 1. The molecule has 1 aromatic carbocycles. The van der Waals surface area contributed by atoms with Crippen LogP contribution in [0.2, 0.25) is 0 Å². The Balaban J connectivity index is 1.85. The van der Waals surface area contributed by atoms with E-state index in [2.05, 4.69) is 10.3 Å². The van der Waals surface area contributed by atoms with E-state index in [9.17, 15) is 22.9 Å². The molecule has 1 fully saturated rings. The summed E-state index contributed by atoms with van der Waals surface area (Å²) in [6, 6.07) is 6.76. The minimum atomic E-state index is -3.75. The molecule has 0 bridgehead atoms. The van der Waals surface area contributed by atoms with Crippen LogP contribution in [0.3, 0.4) is 0 Å². The molecule has 1 aliphatic rings. The van der Waals surface area contributed by atoms with Crippen LogP contribution in [0.1, 0.15) is 6.42 Å². The van der Waals surface area contributed by atoms with Crippen molar-refractivity contribution in [2.75, 3.05) is 29.6 Å². The van der Waals surface area contributed by atoms with Crippen LogP contribution in [0, 0.1) is 15.9 Å². The summed E-state index contributed by atoms with van der Waals surface area (Å²) in [6.45, 7) is 0.930. The molecule has 1 saturated heterocycles. The zero-order valence-corrected chi connectivity index (χ0v) is 14.7. The highest BCUT2D eigenvalue weighted by Gasteiger charge is 2.30. The van der Waals surface area contributed by atoms with Gasteiger partial charge >= 0.3 is 5.69 Å². The smallest absolute Gasteiger partial charge is 0.310 e. The maximum absolute atomic E-state index is 13.9. The molecule has 1 unspecified atom stereocenters. The molecule has 1 atom stereocenters. The third-order valence-electron chi connectivity index (χ3n) is 4.17. The lowest BCUT2D eigenvalue weighted by atomic mass is 10.2. The van der Waals surface area contributed by atoms with Crippen LogP contribution in [0.25, 0.3) is 0 Å². The highest BCUT2D eigenvalue weighted by molar-refractivity contribution is 7.90. The largest absolute Gasteiger partial charge is 0.375 e. The van der Waals surface area contributed by atoms with Gasteiger partial charge in [-0.15, -0.1) is 0 Å². The molecule has 1 N–H and O–H groups in total. The number of benzene rings is 1. The van der Waals surface area contributed by atoms with Gasteiger partial charge in [-0.3, -0.25) is 10.1 Å². The molecule has 0 aliphatic carbocycles. The van der Waals surface area contributed by atoms with Gasteiger partial charge in [0, 0.05) is 31.6 Å². The Morgan fingerprint density at radius 1 is 1.35 bits per heavy atom. The van der Waals surface area contributed by atoms with E-state index in [0.29, 0.717) is 19.5 Å². The number of anilines is 2. The topological polar surface area (TPSA) is 105 Å². The molecule has 0 radical (unpaired) electrons. The summed E-state index contributed by atoms with van der Waals surface area (Å²) >= 11 is 0. The second-order valence-electron chi connectivity index (χ2n) is 6.07. The van der Waals surface area contributed by atoms with Crippen LogP contribution in [0.15, 0.2) is 41.4 Å². The standard InChI is InChI=1S/C16H17FN4O4S/c1-26(24,25)14-6-2-5-13(15(14)21(22)23)19-11-7-9-20(10-11)16-12(17)4-3-8-18-16/h2-6,8,11,19H,7,9-10H2,1H3. The quantitative estimate of drug-likeness (QED) is 0.626. The molecular weight excluding hydrogens is 363 g/mol. The van der Waals surface area contributed by atoms with Crippen molar-refractivity contribution in [1.29, 1.82) is 0 Å². The average Bonchev–Trinajstić information content (AvgIpc) is 3.02. The van der Waals surface area contributed by atoms with E-state index < -0.39 is 26.3 Å². The molecule has 138 valence electrons. The molecule has 1 aliphatic heterocycles. The Morgan fingerprint density at radius 2 is 2.12 bits per heavy atom. The van der Waals surface area contributed by atoms with E-state index in [1.54, 1.807) is 4.90 Å². The fourth-order valence-electron chi connectivity index (χ4n) is 3.03. The lowest BCUT2D eigenvalue weighted by Crippen LogP contribution is -2.27. The highest BCUT2D eigenvalue weighted by Crippen LogP contribution is 2.33. The summed E-state index contributed by atoms with van der Waals surface area (Å²) in [7, 11) is -3.75. The third kappa shape index (κ3) is 3.59. The number of sulfone groups is 1. The maximum atomic E-state index is 13.9. The van der Waals surface area contributed by atoms with Gasteiger partial charge in [-0.25, -0.2) is 17.8 Å². The van der Waals surface area contributed by atoms with Gasteiger partial charge in [-0.05, 0) is 30.7 Å². The molecule has 1 aromatic heterocycles. The predicted octanol–water partition coefficient (Wildman–Crippen LogP) is 2.22. The van der Waals surface area contributed by atoms with Crippen molar-refractivity contribution in [3.63, 3.8) is 0 Å². The minimum Gasteiger partial charge on any atom is -0.375 e. The lowest BCUT2D eigenvalue weighted by molar-refractivity contribution is -0.386. The van der Waals surface area contributed by atoms with Gasteiger partial charge in [0.05, 0.1) is 4.92 Å². The fourth-order valence-corrected chi connectivity index (χ4v) is 3.89. The van der Waals surface area contributed by atoms with Crippen LogP contribution < -0.4 is 10.2 Å². The van der Waals surface area contributed by atoms with E-state index in [4.69, 9.17) is 0 Å². The molecule has 8 nitrogen and oxygen atoms in total. The van der Waals surface area contributed by atoms with Crippen molar-refractivity contribution in [1.82, 2.24) is 4.98 Å². The van der Waals surface area contributed by atoms with Crippen LogP contribution in [-0.2, 0) is 9.84 Å². The second-order valence-corrected chi connectivity index (χ2v) is 8.05. The van der Waals surface area contributed by atoms with E-state index in [1.807, 2.05) is 0 Å². The lowest BCUT2D eigenvalue weighted by Gasteiger charge is -2.19. The van der Waals surface area contributed by atoms with Crippen molar-refractivity contribution in [3.8, 4) is 0 Å². The Bertz CT molecular complexity index is 951. The molecule has 0 spiro atoms. The molecule has 3 rings (SSSR count). The summed E-state index contributed by atoms with van der Waals surface area (Å²) in [5.74, 6) is -0.200. The second kappa shape index (κ2) is 6.87. The van der Waals surface area contributed by atoms with Crippen molar-refractivity contribution in [2.24, 2.45) is 0 Å². The number of para-hydroxylation sites is 1. The Labute approximate surface area is 149 Å². The van der Waals surface area contributed by atoms with Crippen molar-refractivity contribution in [2.45, 2.75) is 17.4 Å².